The lowest BCUT2D eigenvalue weighted by molar-refractivity contribution is 2.63. The lowest BCUT2D eigenvalue weighted by atomic mass is 11.3. The smallest absolute Gasteiger partial charge is 0.0532 e. The van der Waals surface area contributed by atoms with Gasteiger partial charge in [0.25, 0.3) is 0 Å². The van der Waals surface area contributed by atoms with E-state index in [4.69, 9.17) is 0 Å². The Kier molecular flexibility index (Phi) is 9.83. The second-order valence-corrected chi connectivity index (χ2v) is 3.32. The number of hydrogen-bond donors (Lipinski definition) is 0. The molecule has 0 atom stereocenters. The van der Waals surface area contributed by atoms with E-state index in [9.17, 15) is 0 Å². The molecule has 0 rings (SSSR count). The molecule has 0 saturated carbocycles. The van der Waals surface area contributed by atoms with Gasteiger partial charge >= 0.3 is 0 Å². The quantitative estimate of drug-likeness (QED) is 0.633. The van der Waals surface area contributed by atoms with Crippen molar-refractivity contribution in [1.82, 2.24) is 0 Å². The lowest BCUT2D eigenvalue weighted by Crippen LogP contribution is -1.19. The standard InChI is InChI=1S/C2H2Br2.BrH/c1-2(3)4;/h1H2;1H. The van der Waals surface area contributed by atoms with Gasteiger partial charge in [-0.05, 0) is 31.9 Å². The molecule has 0 aromatic carbocycles. The molecule has 0 aromatic rings. The summed E-state index contributed by atoms with van der Waals surface area (Å²) in [5.74, 6) is 0. The molecule has 0 N–H and O–H groups in total. The van der Waals surface area contributed by atoms with Crippen LogP contribution in [0.1, 0.15) is 0 Å². The third kappa shape index (κ3) is 37.6. The van der Waals surface area contributed by atoms with Crippen LogP contribution in [0.15, 0.2) is 9.97 Å². The average molecular weight is 267 g/mol. The van der Waals surface area contributed by atoms with Crippen molar-refractivity contribution in [2.75, 3.05) is 0 Å². The highest BCUT2D eigenvalue weighted by atomic mass is 79.9. The van der Waals surface area contributed by atoms with E-state index in [1.54, 1.807) is 0 Å². The molecule has 0 aliphatic heterocycles. The molecule has 0 spiro atoms. The fourth-order valence-electron chi connectivity index (χ4n) is 0. The van der Waals surface area contributed by atoms with Crippen LogP contribution in [-0.2, 0) is 0 Å². The summed E-state index contributed by atoms with van der Waals surface area (Å²) in [6.45, 7) is 3.39. The van der Waals surface area contributed by atoms with Gasteiger partial charge in [0, 0.05) is 0 Å². The van der Waals surface area contributed by atoms with Crippen molar-refractivity contribution >= 4 is 48.8 Å². The number of rotatable bonds is 0. The molecule has 0 saturated heterocycles. The van der Waals surface area contributed by atoms with Crippen LogP contribution in [0.3, 0.4) is 0 Å². The van der Waals surface area contributed by atoms with Gasteiger partial charge in [-0.1, -0.05) is 6.58 Å². The van der Waals surface area contributed by atoms with E-state index >= 15 is 0 Å². The average Bonchev–Trinajstić information content (AvgIpc) is 0.811. The molecule has 0 aromatic heterocycles. The van der Waals surface area contributed by atoms with Crippen LogP contribution < -0.4 is 0 Å². The molecule has 0 amide bonds. The van der Waals surface area contributed by atoms with Crippen molar-refractivity contribution in [3.8, 4) is 0 Å². The maximum absolute atomic E-state index is 3.39. The van der Waals surface area contributed by atoms with Gasteiger partial charge in [-0.3, -0.25) is 0 Å². The molecule has 0 bridgehead atoms. The lowest BCUT2D eigenvalue weighted by Gasteiger charge is -1.58. The summed E-state index contributed by atoms with van der Waals surface area (Å²) < 4.78 is 0.792. The Labute approximate surface area is 58.7 Å². The molecule has 0 aliphatic rings. The predicted octanol–water partition coefficient (Wildman–Crippen LogP) is 2.83. The van der Waals surface area contributed by atoms with Gasteiger partial charge in [-0.25, -0.2) is 0 Å². The van der Waals surface area contributed by atoms with E-state index in [1.165, 1.54) is 0 Å². The van der Waals surface area contributed by atoms with Gasteiger partial charge in [0.2, 0.25) is 0 Å². The van der Waals surface area contributed by atoms with E-state index in [1.807, 2.05) is 0 Å². The Balaban J connectivity index is 0. The monoisotopic (exact) mass is 264 g/mol. The van der Waals surface area contributed by atoms with Crippen molar-refractivity contribution in [1.29, 1.82) is 0 Å². The summed E-state index contributed by atoms with van der Waals surface area (Å²) >= 11 is 5.99. The van der Waals surface area contributed by atoms with Crippen LogP contribution >= 0.6 is 48.8 Å². The molecule has 3 heteroatoms. The van der Waals surface area contributed by atoms with E-state index in [0.29, 0.717) is 0 Å². The molecule has 0 heterocycles. The van der Waals surface area contributed by atoms with Crippen LogP contribution in [-0.4, -0.2) is 0 Å². The van der Waals surface area contributed by atoms with Crippen molar-refractivity contribution in [2.45, 2.75) is 0 Å². The minimum absolute atomic E-state index is 0. The fraction of sp³-hybridized carbons (Fsp3) is 0. The van der Waals surface area contributed by atoms with Gasteiger partial charge in [-0.2, -0.15) is 0 Å². The van der Waals surface area contributed by atoms with Crippen molar-refractivity contribution in [2.24, 2.45) is 0 Å². The molecule has 32 valence electrons. The highest BCUT2D eigenvalue weighted by Crippen LogP contribution is 2.06. The van der Waals surface area contributed by atoms with Gasteiger partial charge in [-0.15, -0.1) is 17.0 Å². The third-order valence-corrected chi connectivity index (χ3v) is 0. The van der Waals surface area contributed by atoms with E-state index in [0.717, 1.165) is 3.39 Å². The summed E-state index contributed by atoms with van der Waals surface area (Å²) in [5.41, 5.74) is 0. The van der Waals surface area contributed by atoms with E-state index < -0.39 is 0 Å². The van der Waals surface area contributed by atoms with Crippen molar-refractivity contribution < 1.29 is 0 Å². The zero-order chi connectivity index (χ0) is 3.58. The normalized spacial score (nSPS) is 5.20. The van der Waals surface area contributed by atoms with Gasteiger partial charge in [0.05, 0.1) is 3.39 Å². The van der Waals surface area contributed by atoms with E-state index in [2.05, 4.69) is 38.4 Å². The molecule has 0 radical (unpaired) electrons. The summed E-state index contributed by atoms with van der Waals surface area (Å²) in [4.78, 5) is 0. The van der Waals surface area contributed by atoms with Crippen LogP contribution in [0.2, 0.25) is 0 Å². The predicted molar refractivity (Wildman–Crippen MR) is 37.3 cm³/mol. The zero-order valence-corrected chi connectivity index (χ0v) is 7.26. The molecule has 5 heavy (non-hydrogen) atoms. The van der Waals surface area contributed by atoms with Crippen molar-refractivity contribution in [3.05, 3.63) is 9.97 Å². The Bertz CT molecular complexity index is 27.9. The topological polar surface area (TPSA) is 0 Å². The first kappa shape index (κ1) is 9.49. The summed E-state index contributed by atoms with van der Waals surface area (Å²) in [6, 6.07) is 0. The largest absolute Gasteiger partial charge is 0.114 e. The first-order chi connectivity index (χ1) is 1.73. The Morgan fingerprint density at radius 2 is 1.40 bits per heavy atom. The van der Waals surface area contributed by atoms with Crippen LogP contribution in [0.5, 0.6) is 0 Å². The summed E-state index contributed by atoms with van der Waals surface area (Å²) in [5, 5.41) is 0. The van der Waals surface area contributed by atoms with Crippen molar-refractivity contribution in [3.63, 3.8) is 0 Å². The molecule has 0 unspecified atom stereocenters. The van der Waals surface area contributed by atoms with Crippen LogP contribution in [0.4, 0.5) is 0 Å². The summed E-state index contributed by atoms with van der Waals surface area (Å²) in [7, 11) is 0. The van der Waals surface area contributed by atoms with Crippen LogP contribution in [0, 0.1) is 0 Å². The summed E-state index contributed by atoms with van der Waals surface area (Å²) in [6.07, 6.45) is 0. The maximum Gasteiger partial charge on any atom is 0.0532 e. The molecular weight excluding hydrogens is 264 g/mol. The van der Waals surface area contributed by atoms with E-state index in [-0.39, 0.29) is 17.0 Å². The number of hydrogen-bond acceptors (Lipinski definition) is 0. The first-order valence-corrected chi connectivity index (χ1v) is 2.32. The SMILES string of the molecule is Br.C=C(Br)Br. The molecular formula is C2H3Br3. The van der Waals surface area contributed by atoms with Crippen LogP contribution in [0.25, 0.3) is 0 Å². The minimum atomic E-state index is 0. The van der Waals surface area contributed by atoms with Gasteiger partial charge in [0.1, 0.15) is 0 Å². The molecule has 0 nitrogen and oxygen atoms in total. The van der Waals surface area contributed by atoms with Gasteiger partial charge < -0.3 is 0 Å². The Morgan fingerprint density at radius 3 is 1.40 bits per heavy atom. The number of halogens is 3. The second-order valence-electron chi connectivity index (χ2n) is 0.339. The second kappa shape index (κ2) is 5.18. The highest BCUT2D eigenvalue weighted by molar-refractivity contribution is 9.28. The Hall–Kier alpha value is 1.18. The third-order valence-electron chi connectivity index (χ3n) is 0. The maximum atomic E-state index is 3.39. The minimum Gasteiger partial charge on any atom is -0.114 e. The van der Waals surface area contributed by atoms with Gasteiger partial charge in [0.15, 0.2) is 0 Å². The molecule has 0 aliphatic carbocycles. The Morgan fingerprint density at radius 1 is 1.40 bits per heavy atom. The zero-order valence-electron chi connectivity index (χ0n) is 2.37. The molecule has 0 fully saturated rings. The highest BCUT2D eigenvalue weighted by Gasteiger charge is 1.58. The first-order valence-electron chi connectivity index (χ1n) is 0.732. The fourth-order valence-corrected chi connectivity index (χ4v) is 0.